The maximum atomic E-state index is 12.2. The molecule has 1 heterocycles. The van der Waals surface area contributed by atoms with Crippen molar-refractivity contribution in [2.24, 2.45) is 17.6 Å². The summed E-state index contributed by atoms with van der Waals surface area (Å²) in [6.45, 7) is 3.99. The Balaban J connectivity index is 1.74. The van der Waals surface area contributed by atoms with Crippen molar-refractivity contribution in [3.63, 3.8) is 0 Å². The van der Waals surface area contributed by atoms with Gasteiger partial charge in [-0.25, -0.2) is 0 Å². The molecule has 1 saturated heterocycles. The summed E-state index contributed by atoms with van der Waals surface area (Å²) in [5.74, 6) is 1.85. The summed E-state index contributed by atoms with van der Waals surface area (Å²) in [5.41, 5.74) is 5.59. The molecule has 3 nitrogen and oxygen atoms in total. The second-order valence-corrected chi connectivity index (χ2v) is 5.77. The van der Waals surface area contributed by atoms with E-state index in [1.165, 1.54) is 19.3 Å². The van der Waals surface area contributed by atoms with Crippen molar-refractivity contribution in [2.75, 3.05) is 13.1 Å². The monoisotopic (exact) mass is 238 g/mol. The van der Waals surface area contributed by atoms with Crippen LogP contribution < -0.4 is 5.73 Å². The number of nitrogens with zero attached hydrogens (tertiary/aromatic N) is 1. The minimum atomic E-state index is 0.396. The van der Waals surface area contributed by atoms with Gasteiger partial charge in [0.15, 0.2) is 0 Å². The molecule has 0 aromatic carbocycles. The zero-order valence-corrected chi connectivity index (χ0v) is 11.0. The van der Waals surface area contributed by atoms with Crippen molar-refractivity contribution in [3.8, 4) is 0 Å². The number of nitrogens with two attached hydrogens (primary N) is 1. The zero-order valence-electron chi connectivity index (χ0n) is 11.0. The Morgan fingerprint density at radius 3 is 2.76 bits per heavy atom. The third kappa shape index (κ3) is 3.01. The standard InChI is InChI=1S/C14H26N2O/c1-2-11(7-8-15)4-6-14(17)16-10-12-3-5-13(16)9-12/h11-13H,2-10,15H2,1H3. The Kier molecular flexibility index (Phi) is 4.43. The average molecular weight is 238 g/mol. The van der Waals surface area contributed by atoms with Crippen molar-refractivity contribution in [1.29, 1.82) is 0 Å². The highest BCUT2D eigenvalue weighted by molar-refractivity contribution is 5.77. The lowest BCUT2D eigenvalue weighted by atomic mass is 9.96. The molecule has 2 N–H and O–H groups in total. The summed E-state index contributed by atoms with van der Waals surface area (Å²) in [5, 5.41) is 0. The number of piperidine rings is 1. The van der Waals surface area contributed by atoms with Crippen LogP contribution >= 0.6 is 0 Å². The molecule has 2 fully saturated rings. The molecule has 0 aromatic heterocycles. The molecule has 0 aromatic rings. The fourth-order valence-electron chi connectivity index (χ4n) is 3.49. The lowest BCUT2D eigenvalue weighted by Crippen LogP contribution is -2.37. The van der Waals surface area contributed by atoms with E-state index in [9.17, 15) is 4.79 Å². The van der Waals surface area contributed by atoms with Gasteiger partial charge in [-0.3, -0.25) is 4.79 Å². The van der Waals surface area contributed by atoms with E-state index in [1.807, 2.05) is 0 Å². The molecule has 0 spiro atoms. The van der Waals surface area contributed by atoms with Crippen molar-refractivity contribution in [3.05, 3.63) is 0 Å². The van der Waals surface area contributed by atoms with Gasteiger partial charge in [-0.1, -0.05) is 13.3 Å². The SMILES string of the molecule is CCC(CCN)CCC(=O)N1CC2CCC1C2. The van der Waals surface area contributed by atoms with E-state index < -0.39 is 0 Å². The zero-order chi connectivity index (χ0) is 12.3. The molecular formula is C14H26N2O. The second kappa shape index (κ2) is 5.85. The van der Waals surface area contributed by atoms with Gasteiger partial charge in [0.1, 0.15) is 0 Å². The Bertz CT molecular complexity index is 267. The van der Waals surface area contributed by atoms with Crippen LogP contribution in [0.4, 0.5) is 0 Å². The van der Waals surface area contributed by atoms with Crippen LogP contribution in [0.15, 0.2) is 0 Å². The van der Waals surface area contributed by atoms with Crippen LogP contribution in [0.25, 0.3) is 0 Å². The Morgan fingerprint density at radius 1 is 1.41 bits per heavy atom. The van der Waals surface area contributed by atoms with Crippen LogP contribution in [0.5, 0.6) is 0 Å². The van der Waals surface area contributed by atoms with E-state index in [2.05, 4.69) is 11.8 Å². The van der Waals surface area contributed by atoms with Crippen LogP contribution in [-0.2, 0) is 4.79 Å². The Hall–Kier alpha value is -0.570. The molecule has 3 atom stereocenters. The number of amides is 1. The highest BCUT2D eigenvalue weighted by atomic mass is 16.2. The fourth-order valence-corrected chi connectivity index (χ4v) is 3.49. The number of likely N-dealkylation sites (tertiary alicyclic amines) is 1. The van der Waals surface area contributed by atoms with E-state index in [4.69, 9.17) is 5.73 Å². The van der Waals surface area contributed by atoms with Crippen molar-refractivity contribution >= 4 is 5.91 Å². The van der Waals surface area contributed by atoms with Gasteiger partial charge in [0, 0.05) is 19.0 Å². The van der Waals surface area contributed by atoms with E-state index >= 15 is 0 Å². The molecule has 1 aliphatic carbocycles. The molecule has 17 heavy (non-hydrogen) atoms. The van der Waals surface area contributed by atoms with Gasteiger partial charge < -0.3 is 10.6 Å². The molecule has 2 rings (SSSR count). The predicted octanol–water partition coefficient (Wildman–Crippen LogP) is 2.15. The first-order valence-corrected chi connectivity index (χ1v) is 7.24. The number of hydrogen-bond donors (Lipinski definition) is 1. The second-order valence-electron chi connectivity index (χ2n) is 5.77. The van der Waals surface area contributed by atoms with E-state index in [1.54, 1.807) is 0 Å². The van der Waals surface area contributed by atoms with Crippen molar-refractivity contribution in [1.82, 2.24) is 4.90 Å². The number of carbonyl (C=O) groups is 1. The minimum Gasteiger partial charge on any atom is -0.339 e. The Morgan fingerprint density at radius 2 is 2.24 bits per heavy atom. The first kappa shape index (κ1) is 12.9. The van der Waals surface area contributed by atoms with E-state index in [0.29, 0.717) is 17.9 Å². The molecule has 2 bridgehead atoms. The summed E-state index contributed by atoms with van der Waals surface area (Å²) in [6, 6.07) is 0.585. The molecule has 3 unspecified atom stereocenters. The average Bonchev–Trinajstić information content (AvgIpc) is 2.96. The van der Waals surface area contributed by atoms with Gasteiger partial charge >= 0.3 is 0 Å². The molecule has 3 heteroatoms. The third-order valence-corrected chi connectivity index (χ3v) is 4.65. The van der Waals surface area contributed by atoms with Crippen LogP contribution in [0, 0.1) is 11.8 Å². The third-order valence-electron chi connectivity index (χ3n) is 4.65. The van der Waals surface area contributed by atoms with Crippen LogP contribution in [0.3, 0.4) is 0 Å². The quantitative estimate of drug-likeness (QED) is 0.770. The first-order chi connectivity index (χ1) is 8.24. The fraction of sp³-hybridized carbons (Fsp3) is 0.929. The summed E-state index contributed by atoms with van der Waals surface area (Å²) < 4.78 is 0. The maximum Gasteiger partial charge on any atom is 0.222 e. The number of rotatable bonds is 6. The molecular weight excluding hydrogens is 212 g/mol. The number of fused-ring (bicyclic) bond motifs is 2. The highest BCUT2D eigenvalue weighted by Crippen LogP contribution is 2.37. The molecule has 0 radical (unpaired) electrons. The Labute approximate surface area is 105 Å². The molecule has 2 aliphatic rings. The largest absolute Gasteiger partial charge is 0.339 e. The van der Waals surface area contributed by atoms with Gasteiger partial charge in [0.25, 0.3) is 0 Å². The van der Waals surface area contributed by atoms with Crippen LogP contribution in [0.1, 0.15) is 51.9 Å². The minimum absolute atomic E-state index is 0.396. The van der Waals surface area contributed by atoms with Gasteiger partial charge in [-0.05, 0) is 50.5 Å². The maximum absolute atomic E-state index is 12.2. The number of carbonyl (C=O) groups excluding carboxylic acids is 1. The molecule has 1 amide bonds. The van der Waals surface area contributed by atoms with Crippen LogP contribution in [-0.4, -0.2) is 29.9 Å². The summed E-state index contributed by atoms with van der Waals surface area (Å²) in [6.07, 6.45) is 7.84. The lowest BCUT2D eigenvalue weighted by molar-refractivity contribution is -0.133. The van der Waals surface area contributed by atoms with Crippen molar-refractivity contribution in [2.45, 2.75) is 57.9 Å². The van der Waals surface area contributed by atoms with Crippen molar-refractivity contribution < 1.29 is 4.79 Å². The van der Waals surface area contributed by atoms with Gasteiger partial charge in [0.2, 0.25) is 5.91 Å². The molecule has 98 valence electrons. The smallest absolute Gasteiger partial charge is 0.222 e. The summed E-state index contributed by atoms with van der Waals surface area (Å²) >= 11 is 0. The van der Waals surface area contributed by atoms with E-state index in [0.717, 1.165) is 44.7 Å². The normalized spacial score (nSPS) is 28.7. The van der Waals surface area contributed by atoms with Crippen LogP contribution in [0.2, 0.25) is 0 Å². The summed E-state index contributed by atoms with van der Waals surface area (Å²) in [4.78, 5) is 14.3. The first-order valence-electron chi connectivity index (χ1n) is 7.24. The predicted molar refractivity (Wildman–Crippen MR) is 69.5 cm³/mol. The highest BCUT2D eigenvalue weighted by Gasteiger charge is 2.39. The molecule has 1 aliphatic heterocycles. The van der Waals surface area contributed by atoms with Gasteiger partial charge in [0.05, 0.1) is 0 Å². The summed E-state index contributed by atoms with van der Waals surface area (Å²) in [7, 11) is 0. The van der Waals surface area contributed by atoms with Gasteiger partial charge in [-0.2, -0.15) is 0 Å². The lowest BCUT2D eigenvalue weighted by Gasteiger charge is -2.27. The topological polar surface area (TPSA) is 46.3 Å². The molecule has 1 saturated carbocycles. The number of hydrogen-bond acceptors (Lipinski definition) is 2. The van der Waals surface area contributed by atoms with Gasteiger partial charge in [-0.15, -0.1) is 0 Å². The van der Waals surface area contributed by atoms with E-state index in [-0.39, 0.29) is 0 Å².